The summed E-state index contributed by atoms with van der Waals surface area (Å²) in [7, 11) is 0.921. The van der Waals surface area contributed by atoms with Gasteiger partial charge >= 0.3 is 7.55 Å². The molecule has 3 heterocycles. The summed E-state index contributed by atoms with van der Waals surface area (Å²) in [4.78, 5) is 2.16. The predicted octanol–water partition coefficient (Wildman–Crippen LogP) is 0.980. The van der Waals surface area contributed by atoms with E-state index in [1.165, 1.54) is 11.4 Å². The molecule has 0 unspecified atom stereocenters. The zero-order valence-corrected chi connectivity index (χ0v) is 6.70. The molecule has 2 nitrogen and oxygen atoms in total. The van der Waals surface area contributed by atoms with Crippen LogP contribution in [0.5, 0.6) is 0 Å². The minimum atomic E-state index is 0.921. The van der Waals surface area contributed by atoms with Crippen molar-refractivity contribution in [2.24, 2.45) is 0 Å². The van der Waals surface area contributed by atoms with E-state index in [0.29, 0.717) is 0 Å². The van der Waals surface area contributed by atoms with Gasteiger partial charge in [0.05, 0.1) is 0 Å². The van der Waals surface area contributed by atoms with E-state index in [0.717, 1.165) is 14.0 Å². The van der Waals surface area contributed by atoms with E-state index in [4.69, 9.17) is 0 Å². The molecule has 1 aromatic heterocycles. The molecule has 1 radical (unpaired) electrons. The van der Waals surface area contributed by atoms with Gasteiger partial charge in [-0.15, -0.1) is 0 Å². The largest absolute Gasteiger partial charge is 0.375 e. The summed E-state index contributed by atoms with van der Waals surface area (Å²) < 4.78 is 2.22. The van der Waals surface area contributed by atoms with Gasteiger partial charge in [0, 0.05) is 24.0 Å². The molecule has 2 aliphatic rings. The maximum Gasteiger partial charge on any atom is 0.365 e. The van der Waals surface area contributed by atoms with Crippen molar-refractivity contribution in [2.45, 2.75) is 6.42 Å². The molecule has 0 aromatic carbocycles. The minimum Gasteiger partial charge on any atom is -0.375 e. The van der Waals surface area contributed by atoms with E-state index >= 15 is 0 Å². The molecule has 3 heteroatoms. The summed E-state index contributed by atoms with van der Waals surface area (Å²) in [5.74, 6) is 0. The average Bonchev–Trinajstić information content (AvgIpc) is 2.64. The Morgan fingerprint density at radius 3 is 3.50 bits per heavy atom. The molecular formula is C9H8BN2. The number of rotatable bonds is 0. The molecular weight excluding hydrogens is 147 g/mol. The van der Waals surface area contributed by atoms with Gasteiger partial charge in [-0.25, -0.2) is 0 Å². The Kier molecular flexibility index (Phi) is 1.06. The predicted molar refractivity (Wildman–Crippen MR) is 49.2 cm³/mol. The number of nitrogens with zero attached hydrogens (tertiary/aromatic N) is 2. The van der Waals surface area contributed by atoms with Crippen LogP contribution < -0.4 is 0 Å². The van der Waals surface area contributed by atoms with E-state index in [1.54, 1.807) is 0 Å². The molecule has 0 aliphatic carbocycles. The van der Waals surface area contributed by atoms with Crippen molar-refractivity contribution < 1.29 is 0 Å². The van der Waals surface area contributed by atoms with Gasteiger partial charge in [-0.3, -0.25) is 0 Å². The third-order valence-corrected chi connectivity index (χ3v) is 2.38. The number of hydrogen-bond acceptors (Lipinski definition) is 1. The highest BCUT2D eigenvalue weighted by molar-refractivity contribution is 6.32. The number of aromatic nitrogens is 1. The first-order chi connectivity index (χ1) is 5.93. The Morgan fingerprint density at radius 1 is 1.50 bits per heavy atom. The molecule has 12 heavy (non-hydrogen) atoms. The van der Waals surface area contributed by atoms with Crippen LogP contribution >= 0.6 is 0 Å². The monoisotopic (exact) mass is 155 g/mol. The molecule has 2 aliphatic heterocycles. The second kappa shape index (κ2) is 2.06. The highest BCUT2D eigenvalue weighted by Crippen LogP contribution is 2.23. The lowest BCUT2D eigenvalue weighted by atomic mass is 10.0. The van der Waals surface area contributed by atoms with Gasteiger partial charge in [-0.05, 0) is 24.4 Å². The van der Waals surface area contributed by atoms with Crippen molar-refractivity contribution in [3.8, 4) is 0 Å². The lowest BCUT2D eigenvalue weighted by Gasteiger charge is -2.23. The van der Waals surface area contributed by atoms with Crippen molar-refractivity contribution in [2.75, 3.05) is 0 Å². The van der Waals surface area contributed by atoms with Crippen LogP contribution in [-0.2, 0) is 0 Å². The standard InChI is InChI=1S/C9H8BN2/c1-3-8-7-9-4-2-6-12(9)10-11(8)5-1/h1-3,5,7,10H,4H2. The minimum absolute atomic E-state index is 0.921. The number of hydrogen-bond donors (Lipinski definition) is 0. The normalized spacial score (nSPS) is 18.3. The topological polar surface area (TPSA) is 8.17 Å². The fourth-order valence-corrected chi connectivity index (χ4v) is 1.73. The quantitative estimate of drug-likeness (QED) is 0.507. The first kappa shape index (κ1) is 6.18. The maximum absolute atomic E-state index is 3.21. The first-order valence-electron chi connectivity index (χ1n) is 4.14. The molecule has 0 spiro atoms. The Balaban J connectivity index is 2.13. The van der Waals surface area contributed by atoms with Gasteiger partial charge < -0.3 is 9.29 Å². The van der Waals surface area contributed by atoms with E-state index in [1.807, 2.05) is 0 Å². The summed E-state index contributed by atoms with van der Waals surface area (Å²) in [5, 5.41) is 0. The Hall–Kier alpha value is -1.38. The number of fused-ring (bicyclic) bond motifs is 2. The van der Waals surface area contributed by atoms with E-state index in [2.05, 4.69) is 46.0 Å². The van der Waals surface area contributed by atoms with Crippen LogP contribution in [0.3, 0.4) is 0 Å². The lowest BCUT2D eigenvalue weighted by molar-refractivity contribution is 0.702. The van der Waals surface area contributed by atoms with Crippen LogP contribution in [0, 0.1) is 6.20 Å². The average molecular weight is 155 g/mol. The van der Waals surface area contributed by atoms with Crippen LogP contribution in [0.4, 0.5) is 0 Å². The molecule has 0 fully saturated rings. The second-order valence-corrected chi connectivity index (χ2v) is 3.15. The van der Waals surface area contributed by atoms with Crippen LogP contribution in [0.15, 0.2) is 30.1 Å². The molecule has 0 saturated heterocycles. The summed E-state index contributed by atoms with van der Waals surface area (Å²) >= 11 is 0. The first-order valence-corrected chi connectivity index (χ1v) is 4.14. The SMILES string of the molecule is B1N2[C]=CCC2=Cc2cccn21. The third kappa shape index (κ3) is 0.707. The molecule has 1 aromatic rings. The molecule has 0 N–H and O–H groups in total. The van der Waals surface area contributed by atoms with Crippen LogP contribution in [0.2, 0.25) is 0 Å². The molecule has 0 bridgehead atoms. The van der Waals surface area contributed by atoms with Gasteiger partial charge in [0.2, 0.25) is 0 Å². The highest BCUT2D eigenvalue weighted by Gasteiger charge is 2.19. The van der Waals surface area contributed by atoms with E-state index in [-0.39, 0.29) is 0 Å². The second-order valence-electron chi connectivity index (χ2n) is 3.15. The Bertz CT molecular complexity index is 376. The van der Waals surface area contributed by atoms with Crippen molar-refractivity contribution in [3.05, 3.63) is 42.0 Å². The highest BCUT2D eigenvalue weighted by atomic mass is 15.2. The Morgan fingerprint density at radius 2 is 2.50 bits per heavy atom. The molecule has 57 valence electrons. The summed E-state index contributed by atoms with van der Waals surface area (Å²) in [6.45, 7) is 0. The molecule has 0 atom stereocenters. The summed E-state index contributed by atoms with van der Waals surface area (Å²) in [5.41, 5.74) is 2.67. The summed E-state index contributed by atoms with van der Waals surface area (Å²) in [6, 6.07) is 4.22. The fraction of sp³-hybridized carbons (Fsp3) is 0.111. The van der Waals surface area contributed by atoms with Gasteiger partial charge in [-0.2, -0.15) is 0 Å². The third-order valence-electron chi connectivity index (χ3n) is 2.38. The van der Waals surface area contributed by atoms with E-state index in [9.17, 15) is 0 Å². The van der Waals surface area contributed by atoms with Gasteiger partial charge in [0.25, 0.3) is 0 Å². The number of allylic oxidation sites excluding steroid dienone is 1. The van der Waals surface area contributed by atoms with Gasteiger partial charge in [-0.1, -0.05) is 6.08 Å². The van der Waals surface area contributed by atoms with Crippen LogP contribution in [0.25, 0.3) is 6.08 Å². The molecule has 3 rings (SSSR count). The summed E-state index contributed by atoms with van der Waals surface area (Å²) in [6.07, 6.45) is 10.6. The maximum atomic E-state index is 3.21. The van der Waals surface area contributed by atoms with E-state index < -0.39 is 0 Å². The lowest BCUT2D eigenvalue weighted by Crippen LogP contribution is -2.29. The molecule has 0 amide bonds. The van der Waals surface area contributed by atoms with Gasteiger partial charge in [0.1, 0.15) is 0 Å². The smallest absolute Gasteiger partial charge is 0.365 e. The van der Waals surface area contributed by atoms with Gasteiger partial charge in [0.15, 0.2) is 0 Å². The van der Waals surface area contributed by atoms with Crippen molar-refractivity contribution >= 4 is 13.6 Å². The van der Waals surface area contributed by atoms with Crippen LogP contribution in [0.1, 0.15) is 12.1 Å². The van der Waals surface area contributed by atoms with Crippen molar-refractivity contribution in [1.29, 1.82) is 0 Å². The van der Waals surface area contributed by atoms with Crippen LogP contribution in [-0.4, -0.2) is 16.8 Å². The van der Waals surface area contributed by atoms with Crippen molar-refractivity contribution in [1.82, 2.24) is 9.29 Å². The zero-order chi connectivity index (χ0) is 7.97. The zero-order valence-electron chi connectivity index (χ0n) is 6.70. The molecule has 0 saturated carbocycles. The fourth-order valence-electron chi connectivity index (χ4n) is 1.73. The van der Waals surface area contributed by atoms with Crippen molar-refractivity contribution in [3.63, 3.8) is 0 Å². The Labute approximate surface area is 72.1 Å².